The van der Waals surface area contributed by atoms with Gasteiger partial charge in [0.1, 0.15) is 12.4 Å². The number of hydrogen-bond donors (Lipinski definition) is 1. The van der Waals surface area contributed by atoms with Gasteiger partial charge in [0.15, 0.2) is 0 Å². The molecule has 1 atom stereocenters. The predicted molar refractivity (Wildman–Crippen MR) is 82.1 cm³/mol. The topological polar surface area (TPSA) is 47.3 Å². The molecular weight excluding hydrogens is 344 g/mol. The van der Waals surface area contributed by atoms with Gasteiger partial charge in [-0.25, -0.2) is 0 Å². The molecule has 108 valence electrons. The molecule has 4 nitrogen and oxygen atoms in total. The van der Waals surface area contributed by atoms with E-state index in [-0.39, 0.29) is 0 Å². The maximum Gasteiger partial charge on any atom is 0.131 e. The molecule has 0 saturated carbocycles. The highest BCUT2D eigenvalue weighted by Gasteiger charge is 2.14. The van der Waals surface area contributed by atoms with E-state index in [1.807, 2.05) is 14.0 Å². The van der Waals surface area contributed by atoms with Crippen LogP contribution in [-0.2, 0) is 13.7 Å². The van der Waals surface area contributed by atoms with Gasteiger partial charge >= 0.3 is 0 Å². The third-order valence-electron chi connectivity index (χ3n) is 3.05. The lowest BCUT2D eigenvalue weighted by Gasteiger charge is -2.14. The SMILES string of the molecule is Cc1nn(C)c(COc2ccc(Cl)cc2C(C)O)c1Br. The summed E-state index contributed by atoms with van der Waals surface area (Å²) in [5.41, 5.74) is 2.53. The lowest BCUT2D eigenvalue weighted by atomic mass is 10.1. The van der Waals surface area contributed by atoms with Gasteiger partial charge in [-0.15, -0.1) is 0 Å². The Bertz CT molecular complexity index is 626. The molecule has 0 bridgehead atoms. The van der Waals surface area contributed by atoms with Gasteiger partial charge in [0.05, 0.1) is 22.0 Å². The molecule has 2 aromatic rings. The van der Waals surface area contributed by atoms with Crippen LogP contribution in [0.3, 0.4) is 0 Å². The van der Waals surface area contributed by atoms with Crippen molar-refractivity contribution in [3.63, 3.8) is 0 Å². The molecule has 0 spiro atoms. The molecule has 1 aromatic carbocycles. The Morgan fingerprint density at radius 2 is 2.20 bits per heavy atom. The van der Waals surface area contributed by atoms with Crippen molar-refractivity contribution in [2.45, 2.75) is 26.6 Å². The molecule has 0 amide bonds. The fourth-order valence-electron chi connectivity index (χ4n) is 1.96. The Morgan fingerprint density at radius 1 is 1.50 bits per heavy atom. The summed E-state index contributed by atoms with van der Waals surface area (Å²) in [5, 5.41) is 14.7. The zero-order valence-corrected chi connectivity index (χ0v) is 13.9. The molecule has 1 aromatic heterocycles. The summed E-state index contributed by atoms with van der Waals surface area (Å²) >= 11 is 9.44. The highest BCUT2D eigenvalue weighted by molar-refractivity contribution is 9.10. The minimum atomic E-state index is -0.639. The number of aliphatic hydroxyl groups is 1. The van der Waals surface area contributed by atoms with Gasteiger partial charge in [0, 0.05) is 17.6 Å². The smallest absolute Gasteiger partial charge is 0.131 e. The average Bonchev–Trinajstić information content (AvgIpc) is 2.62. The molecule has 0 saturated heterocycles. The molecule has 0 aliphatic carbocycles. The zero-order valence-electron chi connectivity index (χ0n) is 11.5. The van der Waals surface area contributed by atoms with Crippen molar-refractivity contribution in [2.24, 2.45) is 7.05 Å². The first-order valence-corrected chi connectivity index (χ1v) is 7.35. The van der Waals surface area contributed by atoms with E-state index in [1.165, 1.54) is 0 Å². The van der Waals surface area contributed by atoms with Crippen molar-refractivity contribution >= 4 is 27.5 Å². The van der Waals surface area contributed by atoms with Gasteiger partial charge in [-0.1, -0.05) is 11.6 Å². The second-order valence-electron chi connectivity index (χ2n) is 4.62. The minimum absolute atomic E-state index is 0.360. The first-order chi connectivity index (χ1) is 9.40. The number of rotatable bonds is 4. The number of aryl methyl sites for hydroxylation is 2. The normalized spacial score (nSPS) is 12.5. The summed E-state index contributed by atoms with van der Waals surface area (Å²) in [7, 11) is 1.87. The Labute approximate surface area is 131 Å². The number of ether oxygens (including phenoxy) is 1. The highest BCUT2D eigenvalue weighted by atomic mass is 79.9. The van der Waals surface area contributed by atoms with Crippen molar-refractivity contribution in [3.8, 4) is 5.75 Å². The Morgan fingerprint density at radius 3 is 2.75 bits per heavy atom. The molecule has 2 rings (SSSR count). The standard InChI is InChI=1S/C14H16BrClN2O2/c1-8-14(15)12(18(3)17-8)7-20-13-5-4-10(16)6-11(13)9(2)19/h4-6,9,19H,7H2,1-3H3. The van der Waals surface area contributed by atoms with Crippen LogP contribution in [-0.4, -0.2) is 14.9 Å². The molecule has 0 fully saturated rings. The van der Waals surface area contributed by atoms with Crippen molar-refractivity contribution < 1.29 is 9.84 Å². The number of aliphatic hydroxyl groups excluding tert-OH is 1. The molecule has 1 heterocycles. The van der Waals surface area contributed by atoms with E-state index in [1.54, 1.807) is 29.8 Å². The third-order valence-corrected chi connectivity index (χ3v) is 4.31. The van der Waals surface area contributed by atoms with Gasteiger partial charge < -0.3 is 9.84 Å². The zero-order chi connectivity index (χ0) is 14.9. The third kappa shape index (κ3) is 3.16. The summed E-state index contributed by atoms with van der Waals surface area (Å²) in [6, 6.07) is 5.22. The summed E-state index contributed by atoms with van der Waals surface area (Å²) < 4.78 is 8.52. The summed E-state index contributed by atoms with van der Waals surface area (Å²) in [4.78, 5) is 0. The summed E-state index contributed by atoms with van der Waals surface area (Å²) in [6.45, 7) is 3.97. The van der Waals surface area contributed by atoms with Crippen molar-refractivity contribution in [1.29, 1.82) is 0 Å². The lowest BCUT2D eigenvalue weighted by Crippen LogP contribution is -2.05. The van der Waals surface area contributed by atoms with Crippen LogP contribution >= 0.6 is 27.5 Å². The summed E-state index contributed by atoms with van der Waals surface area (Å²) in [5.74, 6) is 0.621. The van der Waals surface area contributed by atoms with Crippen LogP contribution in [0.25, 0.3) is 0 Å². The molecule has 0 aliphatic heterocycles. The molecule has 6 heteroatoms. The molecule has 0 radical (unpaired) electrons. The van der Waals surface area contributed by atoms with Crippen molar-refractivity contribution in [3.05, 3.63) is 44.6 Å². The van der Waals surface area contributed by atoms with E-state index in [0.29, 0.717) is 22.9 Å². The predicted octanol–water partition coefficient (Wildman–Crippen LogP) is 3.78. The Hall–Kier alpha value is -1.04. The van der Waals surface area contributed by atoms with Crippen LogP contribution < -0.4 is 4.74 Å². The van der Waals surface area contributed by atoms with Gasteiger partial charge in [-0.2, -0.15) is 5.10 Å². The van der Waals surface area contributed by atoms with E-state index in [9.17, 15) is 5.11 Å². The van der Waals surface area contributed by atoms with E-state index in [0.717, 1.165) is 15.9 Å². The number of nitrogens with zero attached hydrogens (tertiary/aromatic N) is 2. The number of halogens is 2. The van der Waals surface area contributed by atoms with Crippen LogP contribution in [0.15, 0.2) is 22.7 Å². The number of aromatic nitrogens is 2. The average molecular weight is 360 g/mol. The lowest BCUT2D eigenvalue weighted by molar-refractivity contribution is 0.189. The molecular formula is C14H16BrClN2O2. The van der Waals surface area contributed by atoms with Crippen LogP contribution in [0, 0.1) is 6.92 Å². The second-order valence-corrected chi connectivity index (χ2v) is 5.85. The molecule has 20 heavy (non-hydrogen) atoms. The largest absolute Gasteiger partial charge is 0.487 e. The van der Waals surface area contributed by atoms with E-state index in [2.05, 4.69) is 21.0 Å². The monoisotopic (exact) mass is 358 g/mol. The van der Waals surface area contributed by atoms with Crippen molar-refractivity contribution in [2.75, 3.05) is 0 Å². The molecule has 1 unspecified atom stereocenters. The van der Waals surface area contributed by atoms with Gasteiger partial charge in [-0.05, 0) is 48.0 Å². The van der Waals surface area contributed by atoms with E-state index < -0.39 is 6.10 Å². The number of hydrogen-bond acceptors (Lipinski definition) is 3. The quantitative estimate of drug-likeness (QED) is 0.904. The Balaban J connectivity index is 2.23. The van der Waals surface area contributed by atoms with Gasteiger partial charge in [0.2, 0.25) is 0 Å². The van der Waals surface area contributed by atoms with E-state index >= 15 is 0 Å². The Kier molecular flexibility index (Phi) is 4.73. The first-order valence-electron chi connectivity index (χ1n) is 6.18. The highest BCUT2D eigenvalue weighted by Crippen LogP contribution is 2.30. The van der Waals surface area contributed by atoms with Gasteiger partial charge in [-0.3, -0.25) is 4.68 Å². The van der Waals surface area contributed by atoms with Crippen LogP contribution in [0.1, 0.15) is 30.0 Å². The maximum atomic E-state index is 9.77. The fraction of sp³-hybridized carbons (Fsp3) is 0.357. The minimum Gasteiger partial charge on any atom is -0.487 e. The van der Waals surface area contributed by atoms with E-state index in [4.69, 9.17) is 16.3 Å². The molecule has 0 aliphatic rings. The number of benzene rings is 1. The summed E-state index contributed by atoms with van der Waals surface area (Å²) in [6.07, 6.45) is -0.639. The van der Waals surface area contributed by atoms with Gasteiger partial charge in [0.25, 0.3) is 0 Å². The molecule has 1 N–H and O–H groups in total. The van der Waals surface area contributed by atoms with Crippen LogP contribution in [0.5, 0.6) is 5.75 Å². The first kappa shape index (κ1) is 15.4. The fourth-order valence-corrected chi connectivity index (χ4v) is 2.59. The van der Waals surface area contributed by atoms with Crippen LogP contribution in [0.2, 0.25) is 5.02 Å². The second kappa shape index (κ2) is 6.16. The van der Waals surface area contributed by atoms with Crippen molar-refractivity contribution in [1.82, 2.24) is 9.78 Å². The maximum absolute atomic E-state index is 9.77. The van der Waals surface area contributed by atoms with Crippen LogP contribution in [0.4, 0.5) is 0 Å².